The van der Waals surface area contributed by atoms with Crippen molar-refractivity contribution in [2.75, 3.05) is 0 Å². The molecule has 0 spiro atoms. The smallest absolute Gasteiger partial charge is 0.145 e. The fourth-order valence-corrected chi connectivity index (χ4v) is 11.8. The van der Waals surface area contributed by atoms with Crippen LogP contribution in [-0.4, -0.2) is 9.55 Å². The summed E-state index contributed by atoms with van der Waals surface area (Å²) in [6, 6.07) is 78.5. The van der Waals surface area contributed by atoms with Crippen molar-refractivity contribution in [3.8, 4) is 61.6 Å². The Morgan fingerprint density at radius 1 is 0.437 bits per heavy atom. The molecule has 4 aliphatic rings. The van der Waals surface area contributed by atoms with Crippen LogP contribution in [0.4, 0.5) is 0 Å². The van der Waals surface area contributed by atoms with E-state index in [1.54, 1.807) is 0 Å². The highest BCUT2D eigenvalue weighted by molar-refractivity contribution is 6.01. The molecule has 4 aliphatic carbocycles. The van der Waals surface area contributed by atoms with Gasteiger partial charge in [-0.25, -0.2) is 4.98 Å². The number of aryl methyl sites for hydroxylation is 1. The summed E-state index contributed by atoms with van der Waals surface area (Å²) in [5, 5.41) is 0. The van der Waals surface area contributed by atoms with E-state index < -0.39 is 0 Å². The normalized spacial score (nSPS) is 16.2. The lowest BCUT2D eigenvalue weighted by Gasteiger charge is -2.39. The molecule has 0 N–H and O–H groups in total. The average molecular weight is 911 g/mol. The average Bonchev–Trinajstić information content (AvgIpc) is 3.85. The summed E-state index contributed by atoms with van der Waals surface area (Å²) >= 11 is 0. The maximum atomic E-state index is 5.30. The van der Waals surface area contributed by atoms with E-state index >= 15 is 0 Å². The van der Waals surface area contributed by atoms with E-state index in [0.717, 1.165) is 55.6 Å². The van der Waals surface area contributed by atoms with Crippen molar-refractivity contribution in [2.24, 2.45) is 5.92 Å². The zero-order valence-corrected chi connectivity index (χ0v) is 39.9. The van der Waals surface area contributed by atoms with Gasteiger partial charge in [-0.05, 0) is 194 Å². The van der Waals surface area contributed by atoms with E-state index in [-0.39, 0.29) is 5.92 Å². The van der Waals surface area contributed by atoms with Crippen LogP contribution in [-0.2, 0) is 6.42 Å². The van der Waals surface area contributed by atoms with E-state index in [9.17, 15) is 0 Å². The highest BCUT2D eigenvalue weighted by atomic mass is 15.1. The Hall–Kier alpha value is -8.33. The van der Waals surface area contributed by atoms with Crippen molar-refractivity contribution in [1.82, 2.24) is 9.55 Å². The minimum absolute atomic E-state index is 0.274. The predicted octanol–water partition coefficient (Wildman–Crippen LogP) is 18.0. The number of hydrogen-bond acceptors (Lipinski definition) is 1. The molecule has 0 bridgehead atoms. The van der Waals surface area contributed by atoms with Crippen molar-refractivity contribution in [3.05, 3.63) is 275 Å². The minimum atomic E-state index is 0.274. The zero-order chi connectivity index (χ0) is 47.1. The van der Waals surface area contributed by atoms with Crippen LogP contribution in [0.15, 0.2) is 247 Å². The quantitative estimate of drug-likeness (QED) is 0.141. The molecule has 0 saturated heterocycles. The highest BCUT2D eigenvalue weighted by Crippen LogP contribution is 2.55. The monoisotopic (exact) mass is 910 g/mol. The number of aromatic nitrogens is 2. The van der Waals surface area contributed by atoms with Gasteiger partial charge >= 0.3 is 0 Å². The lowest BCUT2D eigenvalue weighted by molar-refractivity contribution is 0.617. The Morgan fingerprint density at radius 3 is 1.51 bits per heavy atom. The summed E-state index contributed by atoms with van der Waals surface area (Å²) in [7, 11) is 0. The third-order valence-corrected chi connectivity index (χ3v) is 15.2. The molecule has 1 unspecified atom stereocenters. The van der Waals surface area contributed by atoms with Crippen molar-refractivity contribution in [1.29, 1.82) is 0 Å². The van der Waals surface area contributed by atoms with Crippen molar-refractivity contribution in [3.63, 3.8) is 0 Å². The van der Waals surface area contributed by atoms with Crippen LogP contribution >= 0.6 is 0 Å². The van der Waals surface area contributed by atoms with Gasteiger partial charge in [0.2, 0.25) is 0 Å². The van der Waals surface area contributed by atoms with Gasteiger partial charge in [0.25, 0.3) is 0 Å². The van der Waals surface area contributed by atoms with Crippen LogP contribution in [0.25, 0.3) is 84.4 Å². The number of rotatable bonds is 9. The molecule has 0 amide bonds. The molecule has 1 heterocycles. The minimum Gasteiger partial charge on any atom is -0.293 e. The molecular formula is C69H54N2. The van der Waals surface area contributed by atoms with Gasteiger partial charge in [-0.15, -0.1) is 0 Å². The van der Waals surface area contributed by atoms with Gasteiger partial charge in [0.1, 0.15) is 5.82 Å². The SMILES string of the molecule is C1=Cc2c(nc(-c3ccc(C4=CC5=C(c6cc(-c7ccccc7)cc(-c7ccccc7)c6)C6=CCCCC6C(c6cc(-c7ccccc7)cc(-c7ccccc7)c6)=C5CC4)cc3)n2-c2ccccc2)CC1. The van der Waals surface area contributed by atoms with Crippen molar-refractivity contribution in [2.45, 2.75) is 44.9 Å². The second-order valence-electron chi connectivity index (χ2n) is 19.5. The summed E-state index contributed by atoms with van der Waals surface area (Å²) in [5.41, 5.74) is 27.1. The third-order valence-electron chi connectivity index (χ3n) is 15.2. The molecule has 340 valence electrons. The molecule has 0 fully saturated rings. The molecule has 2 heteroatoms. The van der Waals surface area contributed by atoms with E-state index in [0.29, 0.717) is 0 Å². The maximum absolute atomic E-state index is 5.30. The lowest BCUT2D eigenvalue weighted by atomic mass is 9.65. The Morgan fingerprint density at radius 2 is 0.944 bits per heavy atom. The van der Waals surface area contributed by atoms with E-state index in [1.165, 1.54) is 112 Å². The summed E-state index contributed by atoms with van der Waals surface area (Å²) < 4.78 is 2.34. The van der Waals surface area contributed by atoms with E-state index in [1.807, 2.05) is 0 Å². The number of hydrogen-bond donors (Lipinski definition) is 0. The Labute approximate surface area is 418 Å². The van der Waals surface area contributed by atoms with Crippen LogP contribution in [0.2, 0.25) is 0 Å². The summed E-state index contributed by atoms with van der Waals surface area (Å²) in [6.07, 6.45) is 17.0. The first-order valence-corrected chi connectivity index (χ1v) is 25.6. The highest BCUT2D eigenvalue weighted by Gasteiger charge is 2.37. The van der Waals surface area contributed by atoms with Gasteiger partial charge < -0.3 is 0 Å². The van der Waals surface area contributed by atoms with E-state index in [4.69, 9.17) is 4.98 Å². The number of para-hydroxylation sites is 1. The fourth-order valence-electron chi connectivity index (χ4n) is 11.8. The summed E-state index contributed by atoms with van der Waals surface area (Å²) in [6.45, 7) is 0. The second kappa shape index (κ2) is 18.5. The Bertz CT molecular complexity index is 3490. The first kappa shape index (κ1) is 42.7. The second-order valence-corrected chi connectivity index (χ2v) is 19.5. The van der Waals surface area contributed by atoms with Crippen LogP contribution < -0.4 is 0 Å². The molecule has 1 atom stereocenters. The zero-order valence-electron chi connectivity index (χ0n) is 39.9. The van der Waals surface area contributed by atoms with Crippen LogP contribution in [0.1, 0.15) is 66.6 Å². The predicted molar refractivity (Wildman–Crippen MR) is 297 cm³/mol. The summed E-state index contributed by atoms with van der Waals surface area (Å²) in [5.74, 6) is 1.27. The number of benzene rings is 8. The van der Waals surface area contributed by atoms with Gasteiger partial charge in [0.15, 0.2) is 0 Å². The third kappa shape index (κ3) is 8.10. The van der Waals surface area contributed by atoms with Gasteiger partial charge in [0.05, 0.1) is 11.4 Å². The number of allylic oxidation sites excluding steroid dienone is 9. The van der Waals surface area contributed by atoms with E-state index in [2.05, 4.69) is 241 Å². The molecule has 0 saturated carbocycles. The number of imidazole rings is 1. The fraction of sp³-hybridized carbons (Fsp3) is 0.116. The first-order valence-electron chi connectivity index (χ1n) is 25.6. The molecule has 13 rings (SSSR count). The van der Waals surface area contributed by atoms with Gasteiger partial charge in [-0.3, -0.25) is 4.57 Å². The Kier molecular flexibility index (Phi) is 11.2. The van der Waals surface area contributed by atoms with Gasteiger partial charge in [-0.1, -0.05) is 182 Å². The van der Waals surface area contributed by atoms with Crippen LogP contribution in [0.5, 0.6) is 0 Å². The van der Waals surface area contributed by atoms with Crippen LogP contribution in [0.3, 0.4) is 0 Å². The molecule has 2 nitrogen and oxygen atoms in total. The lowest BCUT2D eigenvalue weighted by Crippen LogP contribution is -2.21. The summed E-state index contributed by atoms with van der Waals surface area (Å²) in [4.78, 5) is 5.30. The molecule has 8 aromatic carbocycles. The van der Waals surface area contributed by atoms with Crippen molar-refractivity contribution >= 4 is 22.8 Å². The van der Waals surface area contributed by atoms with Crippen LogP contribution in [0, 0.1) is 5.92 Å². The standard InChI is InChI=1S/C69H54N2/c1-6-20-47(21-7-1)54-40-55(48-22-8-2-9-23-48)43-58(42-54)67-61-30-16-17-31-62(61)68(59-44-56(49-24-10-3-11-25-49)41-57(45-59)50-26-12-4-13-27-50)64-46-53(38-39-63(64)67)51-34-36-52(37-35-51)69-70-65-32-18-19-33-66(65)71(69)60-28-14-5-15-29-60/h1-15,19-29,31,33-37,40-46,61H,16-18,30,32,38-39H2. The number of fused-ring (bicyclic) bond motifs is 3. The number of nitrogens with zero attached hydrogens (tertiary/aromatic N) is 2. The maximum Gasteiger partial charge on any atom is 0.145 e. The van der Waals surface area contributed by atoms with Gasteiger partial charge in [0, 0.05) is 17.2 Å². The topological polar surface area (TPSA) is 17.8 Å². The molecule has 0 aliphatic heterocycles. The molecule has 71 heavy (non-hydrogen) atoms. The molecule has 1 aromatic heterocycles. The largest absolute Gasteiger partial charge is 0.293 e. The molecule has 0 radical (unpaired) electrons. The van der Waals surface area contributed by atoms with Gasteiger partial charge in [-0.2, -0.15) is 0 Å². The van der Waals surface area contributed by atoms with Crippen molar-refractivity contribution < 1.29 is 0 Å². The molecular weight excluding hydrogens is 857 g/mol. The first-order chi connectivity index (χ1) is 35.2. The molecule has 9 aromatic rings. The Balaban J connectivity index is 1.03.